The largest absolute Gasteiger partial charge is 0.466 e. The van der Waals surface area contributed by atoms with Crippen LogP contribution in [0.2, 0.25) is 5.02 Å². The molecule has 0 N–H and O–H groups in total. The smallest absolute Gasteiger partial charge is 0.307 e. The van der Waals surface area contributed by atoms with Gasteiger partial charge in [0.2, 0.25) is 6.79 Å². The minimum atomic E-state index is -0.303. The monoisotopic (exact) mass is 410 g/mol. The van der Waals surface area contributed by atoms with Crippen LogP contribution in [0.25, 0.3) is 0 Å². The molecule has 0 spiro atoms. The molecule has 1 amide bonds. The molecular formula is C20H27ClN2O5. The van der Waals surface area contributed by atoms with E-state index in [4.69, 9.17) is 25.8 Å². The lowest BCUT2D eigenvalue weighted by molar-refractivity contribution is -0.143. The second-order valence-electron chi connectivity index (χ2n) is 6.92. The fourth-order valence-electron chi connectivity index (χ4n) is 3.78. The number of likely N-dealkylation sites (N-methyl/N-ethyl adjacent to an activating group) is 1. The van der Waals surface area contributed by atoms with Crippen LogP contribution >= 0.6 is 11.6 Å². The van der Waals surface area contributed by atoms with Crippen LogP contribution in [0, 0.1) is 0 Å². The number of likely N-dealkylation sites (tertiary alicyclic amines) is 1. The number of nitrogens with zero attached hydrogens (tertiary/aromatic N) is 2. The minimum Gasteiger partial charge on any atom is -0.466 e. The van der Waals surface area contributed by atoms with Crippen molar-refractivity contribution in [3.05, 3.63) is 22.7 Å². The van der Waals surface area contributed by atoms with Gasteiger partial charge in [-0.3, -0.25) is 14.5 Å². The Labute approximate surface area is 170 Å². The molecule has 7 nitrogen and oxygen atoms in total. The van der Waals surface area contributed by atoms with Gasteiger partial charge in [-0.1, -0.05) is 18.5 Å². The average molecular weight is 411 g/mol. The lowest BCUT2D eigenvalue weighted by atomic mass is 10.1. The third-order valence-electron chi connectivity index (χ3n) is 5.19. The summed E-state index contributed by atoms with van der Waals surface area (Å²) < 4.78 is 15.7. The summed E-state index contributed by atoms with van der Waals surface area (Å²) in [5.41, 5.74) is 0.430. The van der Waals surface area contributed by atoms with E-state index in [1.54, 1.807) is 24.0 Å². The van der Waals surface area contributed by atoms with Gasteiger partial charge in [-0.05, 0) is 45.0 Å². The number of fused-ring (bicyclic) bond motifs is 1. The highest BCUT2D eigenvalue weighted by molar-refractivity contribution is 6.32. The van der Waals surface area contributed by atoms with Crippen molar-refractivity contribution < 1.29 is 23.8 Å². The maximum Gasteiger partial charge on any atom is 0.307 e. The maximum atomic E-state index is 13.3. The SMILES string of the molecule is CCOC(=O)CCN(C[C@@H]1CCCN1CC)C(=O)c1cc(Cl)c2c(c1)OCO2. The third-order valence-corrected chi connectivity index (χ3v) is 5.47. The molecular weight excluding hydrogens is 384 g/mol. The van der Waals surface area contributed by atoms with Crippen molar-refractivity contribution in [2.24, 2.45) is 0 Å². The van der Waals surface area contributed by atoms with Gasteiger partial charge < -0.3 is 19.1 Å². The third kappa shape index (κ3) is 4.70. The minimum absolute atomic E-state index is 0.0901. The van der Waals surface area contributed by atoms with Gasteiger partial charge in [0.25, 0.3) is 5.91 Å². The van der Waals surface area contributed by atoms with Gasteiger partial charge in [0.1, 0.15) is 0 Å². The van der Waals surface area contributed by atoms with Gasteiger partial charge in [-0.2, -0.15) is 0 Å². The number of amides is 1. The molecule has 28 heavy (non-hydrogen) atoms. The van der Waals surface area contributed by atoms with Gasteiger partial charge in [0.05, 0.1) is 18.1 Å². The first-order valence-electron chi connectivity index (χ1n) is 9.81. The molecule has 1 aromatic rings. The van der Waals surface area contributed by atoms with E-state index in [0.717, 1.165) is 25.9 Å². The molecule has 1 saturated heterocycles. The Morgan fingerprint density at radius 3 is 2.89 bits per heavy atom. The molecule has 1 fully saturated rings. The van der Waals surface area contributed by atoms with Crippen molar-refractivity contribution >= 4 is 23.5 Å². The van der Waals surface area contributed by atoms with Crippen molar-refractivity contribution in [2.45, 2.75) is 39.2 Å². The fraction of sp³-hybridized carbons (Fsp3) is 0.600. The molecule has 2 heterocycles. The fourth-order valence-corrected chi connectivity index (χ4v) is 4.05. The Bertz CT molecular complexity index is 727. The zero-order chi connectivity index (χ0) is 20.1. The Morgan fingerprint density at radius 1 is 1.32 bits per heavy atom. The van der Waals surface area contributed by atoms with E-state index in [2.05, 4.69) is 11.8 Å². The van der Waals surface area contributed by atoms with Crippen LogP contribution in [0.3, 0.4) is 0 Å². The number of ether oxygens (including phenoxy) is 3. The van der Waals surface area contributed by atoms with Crippen LogP contribution in [0.15, 0.2) is 12.1 Å². The molecule has 1 aromatic carbocycles. The Hall–Kier alpha value is -1.99. The van der Waals surface area contributed by atoms with Crippen LogP contribution in [0.4, 0.5) is 0 Å². The summed E-state index contributed by atoms with van der Waals surface area (Å²) >= 11 is 6.25. The Kier molecular flexibility index (Phi) is 7.02. The highest BCUT2D eigenvalue weighted by Gasteiger charge is 2.29. The van der Waals surface area contributed by atoms with Crippen LogP contribution in [-0.2, 0) is 9.53 Å². The lowest BCUT2D eigenvalue weighted by Gasteiger charge is -2.30. The summed E-state index contributed by atoms with van der Waals surface area (Å²) in [5, 5.41) is 0.347. The molecule has 2 aliphatic rings. The average Bonchev–Trinajstić information content (AvgIpc) is 3.33. The van der Waals surface area contributed by atoms with E-state index in [0.29, 0.717) is 47.8 Å². The number of carbonyl (C=O) groups excluding carboxylic acids is 2. The molecule has 154 valence electrons. The second kappa shape index (κ2) is 9.47. The molecule has 2 aliphatic heterocycles. The molecule has 3 rings (SSSR count). The van der Waals surface area contributed by atoms with Crippen molar-refractivity contribution in [2.75, 3.05) is 39.6 Å². The second-order valence-corrected chi connectivity index (χ2v) is 7.33. The predicted octanol–water partition coefficient (Wildman–Crippen LogP) is 2.95. The van der Waals surface area contributed by atoms with Gasteiger partial charge >= 0.3 is 5.97 Å². The molecule has 0 bridgehead atoms. The first-order valence-corrected chi connectivity index (χ1v) is 10.2. The summed E-state index contributed by atoms with van der Waals surface area (Å²) in [4.78, 5) is 29.2. The highest BCUT2D eigenvalue weighted by Crippen LogP contribution is 2.40. The molecule has 0 saturated carbocycles. The van der Waals surface area contributed by atoms with Gasteiger partial charge in [0, 0.05) is 24.7 Å². The number of esters is 1. The lowest BCUT2D eigenvalue weighted by Crippen LogP contribution is -2.44. The van der Waals surface area contributed by atoms with E-state index >= 15 is 0 Å². The normalized spacial score (nSPS) is 18.3. The van der Waals surface area contributed by atoms with Crippen molar-refractivity contribution in [1.82, 2.24) is 9.80 Å². The van der Waals surface area contributed by atoms with E-state index in [-0.39, 0.29) is 25.1 Å². The molecule has 1 atom stereocenters. The molecule has 0 aromatic heterocycles. The number of benzene rings is 1. The van der Waals surface area contributed by atoms with Crippen molar-refractivity contribution in [1.29, 1.82) is 0 Å². The standard InChI is InChI=1S/C20H27ClN2O5/c1-3-22-8-5-6-15(22)12-23(9-7-18(24)26-4-2)20(25)14-10-16(21)19-17(11-14)27-13-28-19/h10-11,15H,3-9,12-13H2,1-2H3/t15-/m0/s1. The first kappa shape index (κ1) is 20.7. The topological polar surface area (TPSA) is 68.3 Å². The van der Waals surface area contributed by atoms with Crippen LogP contribution in [-0.4, -0.2) is 67.3 Å². The van der Waals surface area contributed by atoms with E-state index < -0.39 is 0 Å². The van der Waals surface area contributed by atoms with E-state index in [1.165, 1.54) is 0 Å². The molecule has 0 aliphatic carbocycles. The van der Waals surface area contributed by atoms with Gasteiger partial charge in [0.15, 0.2) is 11.5 Å². The zero-order valence-electron chi connectivity index (χ0n) is 16.4. The molecule has 0 radical (unpaired) electrons. The van der Waals surface area contributed by atoms with E-state index in [9.17, 15) is 9.59 Å². The summed E-state index contributed by atoms with van der Waals surface area (Å²) in [5.74, 6) is 0.455. The number of halogens is 1. The van der Waals surface area contributed by atoms with Crippen molar-refractivity contribution in [3.63, 3.8) is 0 Å². The number of carbonyl (C=O) groups is 2. The molecule has 8 heteroatoms. The number of rotatable bonds is 8. The Balaban J connectivity index is 1.77. The number of hydrogen-bond donors (Lipinski definition) is 0. The van der Waals surface area contributed by atoms with Crippen LogP contribution < -0.4 is 9.47 Å². The van der Waals surface area contributed by atoms with Crippen molar-refractivity contribution in [3.8, 4) is 11.5 Å². The highest BCUT2D eigenvalue weighted by atomic mass is 35.5. The molecule has 0 unspecified atom stereocenters. The zero-order valence-corrected chi connectivity index (χ0v) is 17.2. The first-order chi connectivity index (χ1) is 13.5. The van der Waals surface area contributed by atoms with Crippen LogP contribution in [0.1, 0.15) is 43.5 Å². The van der Waals surface area contributed by atoms with Gasteiger partial charge in [-0.15, -0.1) is 0 Å². The predicted molar refractivity (Wildman–Crippen MR) is 105 cm³/mol. The van der Waals surface area contributed by atoms with Crippen LogP contribution in [0.5, 0.6) is 11.5 Å². The quantitative estimate of drug-likeness (QED) is 0.614. The van der Waals surface area contributed by atoms with E-state index in [1.807, 2.05) is 0 Å². The number of hydrogen-bond acceptors (Lipinski definition) is 6. The summed E-state index contributed by atoms with van der Waals surface area (Å²) in [6.07, 6.45) is 2.32. The summed E-state index contributed by atoms with van der Waals surface area (Å²) in [7, 11) is 0. The summed E-state index contributed by atoms with van der Waals surface area (Å²) in [6, 6.07) is 3.54. The van der Waals surface area contributed by atoms with Gasteiger partial charge in [-0.25, -0.2) is 0 Å². The Morgan fingerprint density at radius 2 is 2.14 bits per heavy atom. The summed E-state index contributed by atoms with van der Waals surface area (Å²) in [6.45, 7) is 7.17. The maximum absolute atomic E-state index is 13.3.